The van der Waals surface area contributed by atoms with E-state index in [0.717, 1.165) is 19.4 Å². The second-order valence-electron chi connectivity index (χ2n) is 5.70. The summed E-state index contributed by atoms with van der Waals surface area (Å²) in [6.45, 7) is 9.53. The molecule has 1 heterocycles. The first-order valence-electron chi connectivity index (χ1n) is 8.11. The molecule has 0 amide bonds. The summed E-state index contributed by atoms with van der Waals surface area (Å²) in [5.41, 5.74) is 0.444. The molecule has 0 spiro atoms. The highest BCUT2D eigenvalue weighted by Gasteiger charge is 2.21. The minimum atomic E-state index is -0.315. The van der Waals surface area contributed by atoms with E-state index in [4.69, 9.17) is 4.74 Å². The third-order valence-electron chi connectivity index (χ3n) is 3.67. The summed E-state index contributed by atoms with van der Waals surface area (Å²) < 4.78 is 5.14. The fourth-order valence-electron chi connectivity index (χ4n) is 2.31. The summed E-state index contributed by atoms with van der Waals surface area (Å²) in [5.74, 6) is -0.315. The number of carbonyl (C=O) groups excluding carboxylic acids is 1. The zero-order valence-electron chi connectivity index (χ0n) is 13.5. The van der Waals surface area contributed by atoms with E-state index in [2.05, 4.69) is 28.8 Å². The van der Waals surface area contributed by atoms with Gasteiger partial charge in [-0.3, -0.25) is 5.01 Å². The van der Waals surface area contributed by atoms with Crippen molar-refractivity contribution in [3.8, 4) is 0 Å². The van der Waals surface area contributed by atoms with Crippen LogP contribution in [0.15, 0.2) is 22.5 Å². The van der Waals surface area contributed by atoms with E-state index >= 15 is 0 Å². The monoisotopic (exact) mass is 295 g/mol. The quantitative estimate of drug-likeness (QED) is 0.330. The SMILES string of the molecule is C=C(C)C(=O)OCCC1CN=NN1CCCCCCCC. The zero-order chi connectivity index (χ0) is 15.5. The third kappa shape index (κ3) is 7.25. The normalized spacial score (nSPS) is 17.2. The van der Waals surface area contributed by atoms with Crippen molar-refractivity contribution in [1.29, 1.82) is 0 Å². The second kappa shape index (κ2) is 10.4. The van der Waals surface area contributed by atoms with Gasteiger partial charge in [-0.2, -0.15) is 5.11 Å². The third-order valence-corrected chi connectivity index (χ3v) is 3.67. The number of unbranched alkanes of at least 4 members (excludes halogenated alkanes) is 5. The van der Waals surface area contributed by atoms with Gasteiger partial charge in [-0.1, -0.05) is 50.8 Å². The number of hydrogen-bond donors (Lipinski definition) is 0. The van der Waals surface area contributed by atoms with Crippen LogP contribution in [-0.2, 0) is 9.53 Å². The maximum absolute atomic E-state index is 11.3. The Morgan fingerprint density at radius 3 is 2.71 bits per heavy atom. The molecular formula is C16H29N3O2. The molecule has 1 unspecified atom stereocenters. The summed E-state index contributed by atoms with van der Waals surface area (Å²) in [6, 6.07) is 0.276. The number of carbonyl (C=O) groups is 1. The molecule has 0 radical (unpaired) electrons. The van der Waals surface area contributed by atoms with Crippen molar-refractivity contribution in [3.05, 3.63) is 12.2 Å². The molecule has 0 N–H and O–H groups in total. The first-order chi connectivity index (χ1) is 10.1. The topological polar surface area (TPSA) is 54.3 Å². The van der Waals surface area contributed by atoms with Gasteiger partial charge in [0.1, 0.15) is 0 Å². The van der Waals surface area contributed by atoms with Crippen molar-refractivity contribution in [1.82, 2.24) is 5.01 Å². The minimum Gasteiger partial charge on any atom is -0.462 e. The maximum atomic E-state index is 11.3. The van der Waals surface area contributed by atoms with E-state index < -0.39 is 0 Å². The van der Waals surface area contributed by atoms with Gasteiger partial charge in [-0.05, 0) is 13.3 Å². The van der Waals surface area contributed by atoms with E-state index in [9.17, 15) is 4.79 Å². The number of hydrogen-bond acceptors (Lipinski definition) is 5. The Morgan fingerprint density at radius 2 is 2.00 bits per heavy atom. The van der Waals surface area contributed by atoms with Gasteiger partial charge in [-0.15, -0.1) is 0 Å². The van der Waals surface area contributed by atoms with Crippen LogP contribution in [-0.4, -0.2) is 36.7 Å². The van der Waals surface area contributed by atoms with Crippen molar-refractivity contribution in [2.24, 2.45) is 10.3 Å². The van der Waals surface area contributed by atoms with E-state index in [0.29, 0.717) is 18.7 Å². The molecule has 0 saturated heterocycles. The smallest absolute Gasteiger partial charge is 0.333 e. The van der Waals surface area contributed by atoms with E-state index in [1.54, 1.807) is 6.92 Å². The first-order valence-corrected chi connectivity index (χ1v) is 8.11. The summed E-state index contributed by atoms with van der Waals surface area (Å²) in [5, 5.41) is 10.3. The van der Waals surface area contributed by atoms with Crippen LogP contribution < -0.4 is 0 Å². The van der Waals surface area contributed by atoms with Crippen LogP contribution in [0.5, 0.6) is 0 Å². The Balaban J connectivity index is 2.12. The number of ether oxygens (including phenoxy) is 1. The van der Waals surface area contributed by atoms with E-state index in [1.165, 1.54) is 32.1 Å². The predicted molar refractivity (Wildman–Crippen MR) is 84.0 cm³/mol. The Bertz CT molecular complexity index is 355. The van der Waals surface area contributed by atoms with Crippen molar-refractivity contribution in [2.75, 3.05) is 19.7 Å². The number of nitrogens with zero attached hydrogens (tertiary/aromatic N) is 3. The van der Waals surface area contributed by atoms with Crippen LogP contribution in [0.4, 0.5) is 0 Å². The van der Waals surface area contributed by atoms with Crippen molar-refractivity contribution in [3.63, 3.8) is 0 Å². The molecule has 0 aromatic heterocycles. The van der Waals surface area contributed by atoms with Crippen molar-refractivity contribution < 1.29 is 9.53 Å². The molecule has 0 fully saturated rings. The fourth-order valence-corrected chi connectivity index (χ4v) is 2.31. The molecular weight excluding hydrogens is 266 g/mol. The Kier molecular flexibility index (Phi) is 8.71. The molecule has 21 heavy (non-hydrogen) atoms. The molecule has 120 valence electrons. The molecule has 0 aliphatic carbocycles. The van der Waals surface area contributed by atoms with Gasteiger partial charge in [0.05, 0.1) is 19.2 Å². The molecule has 0 bridgehead atoms. The Morgan fingerprint density at radius 1 is 1.29 bits per heavy atom. The lowest BCUT2D eigenvalue weighted by Crippen LogP contribution is -2.31. The molecule has 1 aliphatic heterocycles. The van der Waals surface area contributed by atoms with Gasteiger partial charge in [0, 0.05) is 18.5 Å². The highest BCUT2D eigenvalue weighted by atomic mass is 16.5. The molecule has 0 saturated carbocycles. The summed E-state index contributed by atoms with van der Waals surface area (Å²) in [7, 11) is 0. The van der Waals surface area contributed by atoms with Crippen molar-refractivity contribution in [2.45, 2.75) is 64.8 Å². The lowest BCUT2D eigenvalue weighted by Gasteiger charge is -2.21. The standard InChI is InChI=1S/C16H29N3O2/c1-4-5-6-7-8-9-11-19-15(13-17-18-19)10-12-21-16(20)14(2)3/h15H,2,4-13H2,1,3H3. The first kappa shape index (κ1) is 17.7. The lowest BCUT2D eigenvalue weighted by molar-refractivity contribution is -0.139. The molecule has 1 aliphatic rings. The predicted octanol–water partition coefficient (Wildman–Crippen LogP) is 3.91. The Hall–Kier alpha value is -1.39. The Labute approximate surface area is 128 Å². The fraction of sp³-hybridized carbons (Fsp3) is 0.812. The highest BCUT2D eigenvalue weighted by Crippen LogP contribution is 2.16. The average Bonchev–Trinajstić information content (AvgIpc) is 2.90. The van der Waals surface area contributed by atoms with Gasteiger partial charge >= 0.3 is 5.97 Å². The van der Waals surface area contributed by atoms with Gasteiger partial charge in [0.2, 0.25) is 0 Å². The van der Waals surface area contributed by atoms with E-state index in [1.807, 2.05) is 0 Å². The van der Waals surface area contributed by atoms with Crippen LogP contribution in [0.3, 0.4) is 0 Å². The molecule has 0 aromatic rings. The van der Waals surface area contributed by atoms with Gasteiger partial charge in [-0.25, -0.2) is 4.79 Å². The maximum Gasteiger partial charge on any atom is 0.333 e. The summed E-state index contributed by atoms with van der Waals surface area (Å²) in [6.07, 6.45) is 8.44. The summed E-state index contributed by atoms with van der Waals surface area (Å²) in [4.78, 5) is 11.3. The second-order valence-corrected chi connectivity index (χ2v) is 5.70. The average molecular weight is 295 g/mol. The van der Waals surface area contributed by atoms with Gasteiger partial charge < -0.3 is 4.74 Å². The van der Waals surface area contributed by atoms with Gasteiger partial charge in [0.15, 0.2) is 0 Å². The van der Waals surface area contributed by atoms with Crippen LogP contribution in [0.1, 0.15) is 58.8 Å². The van der Waals surface area contributed by atoms with E-state index in [-0.39, 0.29) is 12.0 Å². The molecule has 5 nitrogen and oxygen atoms in total. The summed E-state index contributed by atoms with van der Waals surface area (Å²) >= 11 is 0. The van der Waals surface area contributed by atoms with Crippen LogP contribution >= 0.6 is 0 Å². The molecule has 0 aromatic carbocycles. The lowest BCUT2D eigenvalue weighted by atomic mass is 10.1. The molecule has 5 heteroatoms. The van der Waals surface area contributed by atoms with Crippen LogP contribution in [0.25, 0.3) is 0 Å². The van der Waals surface area contributed by atoms with Crippen LogP contribution in [0.2, 0.25) is 0 Å². The molecule has 1 rings (SSSR count). The number of rotatable bonds is 11. The van der Waals surface area contributed by atoms with Gasteiger partial charge in [0.25, 0.3) is 0 Å². The van der Waals surface area contributed by atoms with Crippen LogP contribution in [0, 0.1) is 0 Å². The molecule has 1 atom stereocenters. The highest BCUT2D eigenvalue weighted by molar-refractivity contribution is 5.86. The largest absolute Gasteiger partial charge is 0.462 e. The number of esters is 1. The van der Waals surface area contributed by atoms with Crippen molar-refractivity contribution >= 4 is 5.97 Å². The minimum absolute atomic E-state index is 0.276. The zero-order valence-corrected chi connectivity index (χ0v) is 13.5.